The fourth-order valence-corrected chi connectivity index (χ4v) is 1.99. The van der Waals surface area contributed by atoms with Crippen molar-refractivity contribution in [2.45, 2.75) is 13.0 Å². The molecule has 98 valence electrons. The van der Waals surface area contributed by atoms with Crippen LogP contribution in [0.3, 0.4) is 0 Å². The lowest BCUT2D eigenvalue weighted by Crippen LogP contribution is -2.05. The van der Waals surface area contributed by atoms with Crippen LogP contribution in [0.5, 0.6) is 5.75 Å². The van der Waals surface area contributed by atoms with Gasteiger partial charge in [0.05, 0.1) is 6.04 Å². The first-order valence-electron chi connectivity index (χ1n) is 5.80. The molecule has 5 heteroatoms. The summed E-state index contributed by atoms with van der Waals surface area (Å²) < 4.78 is 11.5. The topological polar surface area (TPSA) is 58.2 Å². The number of anilines is 1. The lowest BCUT2D eigenvalue weighted by Gasteiger charge is -2.13. The van der Waals surface area contributed by atoms with Gasteiger partial charge >= 0.3 is 0 Å². The van der Waals surface area contributed by atoms with E-state index in [-0.39, 0.29) is 12.6 Å². The summed E-state index contributed by atoms with van der Waals surface area (Å²) in [6.45, 7) is 2.05. The molecule has 1 aromatic carbocycles. The summed E-state index contributed by atoms with van der Waals surface area (Å²) in [6.07, 6.45) is 0. The van der Waals surface area contributed by atoms with Crippen molar-refractivity contribution in [3.05, 3.63) is 46.8 Å². The predicted octanol–water partition coefficient (Wildman–Crippen LogP) is 4.12. The van der Waals surface area contributed by atoms with E-state index >= 15 is 0 Å². The lowest BCUT2D eigenvalue weighted by molar-refractivity contribution is 0.368. The number of halogens is 1. The lowest BCUT2D eigenvalue weighted by atomic mass is 10.2. The predicted molar refractivity (Wildman–Crippen MR) is 76.0 cm³/mol. The van der Waals surface area contributed by atoms with Gasteiger partial charge in [-0.05, 0) is 47.1 Å². The molecule has 4 nitrogen and oxygen atoms in total. The van der Waals surface area contributed by atoms with Gasteiger partial charge in [0.2, 0.25) is 0 Å². The molecule has 1 N–H and O–H groups in total. The first kappa shape index (κ1) is 13.5. The van der Waals surface area contributed by atoms with Crippen molar-refractivity contribution in [3.8, 4) is 11.8 Å². The van der Waals surface area contributed by atoms with Crippen LogP contribution in [0.25, 0.3) is 0 Å². The first-order valence-corrected chi connectivity index (χ1v) is 6.60. The van der Waals surface area contributed by atoms with Crippen molar-refractivity contribution in [1.82, 2.24) is 0 Å². The largest absolute Gasteiger partial charge is 0.479 e. The third-order valence-electron chi connectivity index (χ3n) is 2.54. The van der Waals surface area contributed by atoms with E-state index in [0.717, 1.165) is 11.4 Å². The molecule has 1 heterocycles. The maximum Gasteiger partial charge on any atom is 0.174 e. The molecule has 0 aliphatic carbocycles. The summed E-state index contributed by atoms with van der Waals surface area (Å²) in [5, 5.41) is 11.8. The van der Waals surface area contributed by atoms with E-state index in [1.807, 2.05) is 49.4 Å². The highest BCUT2D eigenvalue weighted by atomic mass is 79.9. The second-order valence-corrected chi connectivity index (χ2v) is 4.76. The van der Waals surface area contributed by atoms with Gasteiger partial charge in [-0.1, -0.05) is 6.07 Å². The molecule has 0 aliphatic heterocycles. The van der Waals surface area contributed by atoms with Gasteiger partial charge in [-0.3, -0.25) is 0 Å². The van der Waals surface area contributed by atoms with E-state index in [9.17, 15) is 0 Å². The molecule has 0 fully saturated rings. The van der Waals surface area contributed by atoms with Crippen molar-refractivity contribution in [2.75, 3.05) is 11.9 Å². The zero-order valence-electron chi connectivity index (χ0n) is 10.4. The van der Waals surface area contributed by atoms with E-state index < -0.39 is 0 Å². The Morgan fingerprint density at radius 3 is 2.95 bits per heavy atom. The maximum absolute atomic E-state index is 8.49. The van der Waals surface area contributed by atoms with Crippen molar-refractivity contribution in [3.63, 3.8) is 0 Å². The minimum atomic E-state index is 0.0394. The number of benzene rings is 1. The molecular formula is C14H13BrN2O2. The number of ether oxygens (including phenoxy) is 1. The Morgan fingerprint density at radius 1 is 1.42 bits per heavy atom. The summed E-state index contributed by atoms with van der Waals surface area (Å²) in [5.41, 5.74) is 0.912. The molecule has 1 unspecified atom stereocenters. The number of nitriles is 1. The molecule has 2 rings (SSSR count). The third-order valence-corrected chi connectivity index (χ3v) is 2.97. The van der Waals surface area contributed by atoms with Crippen LogP contribution in [0.1, 0.15) is 18.7 Å². The van der Waals surface area contributed by atoms with Gasteiger partial charge < -0.3 is 14.5 Å². The quantitative estimate of drug-likeness (QED) is 0.900. The van der Waals surface area contributed by atoms with Gasteiger partial charge in [0.25, 0.3) is 0 Å². The number of hydrogen-bond acceptors (Lipinski definition) is 4. The number of nitrogens with zero attached hydrogens (tertiary/aromatic N) is 1. The number of furan rings is 1. The van der Waals surface area contributed by atoms with Gasteiger partial charge in [0.15, 0.2) is 11.3 Å². The number of hydrogen-bond donors (Lipinski definition) is 1. The Balaban J connectivity index is 2.04. The van der Waals surface area contributed by atoms with Crippen LogP contribution in [-0.2, 0) is 0 Å². The van der Waals surface area contributed by atoms with E-state index in [1.54, 1.807) is 0 Å². The highest BCUT2D eigenvalue weighted by Gasteiger charge is 2.09. The van der Waals surface area contributed by atoms with Crippen molar-refractivity contribution in [2.24, 2.45) is 0 Å². The number of rotatable bonds is 5. The fourth-order valence-electron chi connectivity index (χ4n) is 1.67. The van der Waals surface area contributed by atoms with Gasteiger partial charge in [-0.15, -0.1) is 0 Å². The minimum absolute atomic E-state index is 0.0394. The highest BCUT2D eigenvalue weighted by Crippen LogP contribution is 2.25. The van der Waals surface area contributed by atoms with Crippen molar-refractivity contribution < 1.29 is 9.15 Å². The van der Waals surface area contributed by atoms with Crippen LogP contribution in [0, 0.1) is 11.3 Å². The van der Waals surface area contributed by atoms with E-state index in [4.69, 9.17) is 14.4 Å². The average molecular weight is 321 g/mol. The van der Waals surface area contributed by atoms with Crippen LogP contribution < -0.4 is 10.1 Å². The Labute approximate surface area is 120 Å². The van der Waals surface area contributed by atoms with Gasteiger partial charge in [0.1, 0.15) is 17.6 Å². The van der Waals surface area contributed by atoms with Gasteiger partial charge in [0, 0.05) is 11.8 Å². The SMILES string of the molecule is CC(Nc1cccc(OCC#N)c1)c1ccc(Br)o1. The Bertz CT molecular complexity index is 589. The zero-order valence-corrected chi connectivity index (χ0v) is 12.0. The zero-order chi connectivity index (χ0) is 13.7. The molecule has 2 aromatic rings. The van der Waals surface area contributed by atoms with Crippen LogP contribution in [0.4, 0.5) is 5.69 Å². The summed E-state index contributed by atoms with van der Waals surface area (Å²) in [6, 6.07) is 13.2. The van der Waals surface area contributed by atoms with Crippen LogP contribution >= 0.6 is 15.9 Å². The smallest absolute Gasteiger partial charge is 0.174 e. The Kier molecular flexibility index (Phi) is 4.48. The van der Waals surface area contributed by atoms with Crippen LogP contribution in [0.15, 0.2) is 45.5 Å². The van der Waals surface area contributed by atoms with Gasteiger partial charge in [-0.2, -0.15) is 5.26 Å². The molecule has 0 spiro atoms. The third kappa shape index (κ3) is 3.76. The normalized spacial score (nSPS) is 11.6. The maximum atomic E-state index is 8.49. The first-order chi connectivity index (χ1) is 9.19. The highest BCUT2D eigenvalue weighted by molar-refractivity contribution is 9.10. The summed E-state index contributed by atoms with van der Waals surface area (Å²) >= 11 is 3.28. The van der Waals surface area contributed by atoms with Crippen LogP contribution in [0.2, 0.25) is 0 Å². The molecule has 0 bridgehead atoms. The average Bonchev–Trinajstić information content (AvgIpc) is 2.83. The van der Waals surface area contributed by atoms with Crippen molar-refractivity contribution >= 4 is 21.6 Å². The second kappa shape index (κ2) is 6.30. The van der Waals surface area contributed by atoms with E-state index in [2.05, 4.69) is 21.2 Å². The number of nitrogens with one attached hydrogen (secondary N) is 1. The monoisotopic (exact) mass is 320 g/mol. The molecular weight excluding hydrogens is 308 g/mol. The van der Waals surface area contributed by atoms with E-state index in [0.29, 0.717) is 10.4 Å². The molecule has 0 aliphatic rings. The standard InChI is InChI=1S/C14H13BrN2O2/c1-10(13-5-6-14(15)19-13)17-11-3-2-4-12(9-11)18-8-7-16/h2-6,9-10,17H,8H2,1H3. The van der Waals surface area contributed by atoms with Crippen molar-refractivity contribution in [1.29, 1.82) is 5.26 Å². The summed E-state index contributed by atoms with van der Waals surface area (Å²) in [4.78, 5) is 0. The minimum Gasteiger partial charge on any atom is -0.479 e. The molecule has 0 radical (unpaired) electrons. The van der Waals surface area contributed by atoms with Gasteiger partial charge in [-0.25, -0.2) is 0 Å². The molecule has 1 atom stereocenters. The van der Waals surface area contributed by atoms with E-state index in [1.165, 1.54) is 0 Å². The Hall–Kier alpha value is -1.93. The fraction of sp³-hybridized carbons (Fsp3) is 0.214. The molecule has 0 amide bonds. The molecule has 19 heavy (non-hydrogen) atoms. The second-order valence-electron chi connectivity index (χ2n) is 3.98. The molecule has 1 aromatic heterocycles. The summed E-state index contributed by atoms with van der Waals surface area (Å²) in [7, 11) is 0. The molecule has 0 saturated carbocycles. The van der Waals surface area contributed by atoms with Crippen LogP contribution in [-0.4, -0.2) is 6.61 Å². The Morgan fingerprint density at radius 2 is 2.26 bits per heavy atom. The summed E-state index contributed by atoms with van der Waals surface area (Å²) in [5.74, 6) is 1.51. The molecule has 0 saturated heterocycles.